The van der Waals surface area contributed by atoms with E-state index >= 15 is 0 Å². The molecule has 0 aromatic carbocycles. The topological polar surface area (TPSA) is 52.6 Å². The largest absolute Gasteiger partial charge is 0.373 e. The third-order valence-corrected chi connectivity index (χ3v) is 5.08. The first kappa shape index (κ1) is 23.0. The molecule has 2 rings (SSSR count). The molecule has 160 valence electrons. The Kier molecular flexibility index (Phi) is 8.93. The zero-order valence-corrected chi connectivity index (χ0v) is 18.4. The van der Waals surface area contributed by atoms with Gasteiger partial charge in [0.2, 0.25) is 0 Å². The Hall–Kier alpha value is -0.280. The van der Waals surface area contributed by atoms with E-state index in [4.69, 9.17) is 23.7 Å². The van der Waals surface area contributed by atoms with E-state index in [1.165, 1.54) is 0 Å². The summed E-state index contributed by atoms with van der Waals surface area (Å²) in [6.45, 7) is 19.8. The van der Waals surface area contributed by atoms with Gasteiger partial charge in [0.15, 0.2) is 12.6 Å². The third kappa shape index (κ3) is 7.57. The molecule has 27 heavy (non-hydrogen) atoms. The summed E-state index contributed by atoms with van der Waals surface area (Å²) in [4.78, 5) is 4.59. The SMILES string of the molecule is CC1CN(C(C)OC(C)OC(C)OC(C)N2CC(C)OC(C)C2)CC(C)O1. The van der Waals surface area contributed by atoms with Crippen LogP contribution in [0, 0.1) is 0 Å². The molecule has 2 aliphatic heterocycles. The monoisotopic (exact) mass is 388 g/mol. The van der Waals surface area contributed by atoms with Crippen LogP contribution in [0.15, 0.2) is 0 Å². The number of hydrogen-bond acceptors (Lipinski definition) is 7. The fourth-order valence-electron chi connectivity index (χ4n) is 4.09. The summed E-state index contributed by atoms with van der Waals surface area (Å²) in [5.41, 5.74) is 0. The number of morpholine rings is 2. The summed E-state index contributed by atoms with van der Waals surface area (Å²) in [6.07, 6.45) is 0.125. The molecule has 0 N–H and O–H groups in total. The molecule has 7 nitrogen and oxygen atoms in total. The first-order valence-corrected chi connectivity index (χ1v) is 10.4. The first-order chi connectivity index (χ1) is 12.6. The van der Waals surface area contributed by atoms with Crippen LogP contribution in [0.5, 0.6) is 0 Å². The summed E-state index contributed by atoms with van der Waals surface area (Å²) in [5.74, 6) is 0. The quantitative estimate of drug-likeness (QED) is 0.593. The van der Waals surface area contributed by atoms with Gasteiger partial charge < -0.3 is 23.7 Å². The summed E-state index contributed by atoms with van der Waals surface area (Å²) < 4.78 is 29.6. The Morgan fingerprint density at radius 3 is 1.19 bits per heavy atom. The maximum Gasteiger partial charge on any atom is 0.160 e. The molecule has 2 saturated heterocycles. The third-order valence-electron chi connectivity index (χ3n) is 5.08. The molecule has 8 unspecified atom stereocenters. The molecule has 0 radical (unpaired) electrons. The highest BCUT2D eigenvalue weighted by Crippen LogP contribution is 2.18. The summed E-state index contributed by atoms with van der Waals surface area (Å²) in [7, 11) is 0. The number of rotatable bonds is 8. The van der Waals surface area contributed by atoms with Crippen LogP contribution >= 0.6 is 0 Å². The van der Waals surface area contributed by atoms with Gasteiger partial charge in [-0.05, 0) is 55.4 Å². The Labute approximate surface area is 165 Å². The van der Waals surface area contributed by atoms with Gasteiger partial charge in [-0.15, -0.1) is 0 Å². The van der Waals surface area contributed by atoms with Gasteiger partial charge in [0.05, 0.1) is 24.4 Å². The zero-order valence-electron chi connectivity index (χ0n) is 18.4. The second-order valence-corrected chi connectivity index (χ2v) is 8.16. The van der Waals surface area contributed by atoms with Crippen LogP contribution in [0.3, 0.4) is 0 Å². The number of hydrogen-bond donors (Lipinski definition) is 0. The smallest absolute Gasteiger partial charge is 0.160 e. The maximum atomic E-state index is 6.05. The van der Waals surface area contributed by atoms with Crippen molar-refractivity contribution in [2.24, 2.45) is 0 Å². The summed E-state index contributed by atoms with van der Waals surface area (Å²) in [5, 5.41) is 0. The number of nitrogens with zero attached hydrogens (tertiary/aromatic N) is 2. The molecular weight excluding hydrogens is 348 g/mol. The van der Waals surface area contributed by atoms with E-state index in [0.717, 1.165) is 26.2 Å². The average Bonchev–Trinajstić information content (AvgIpc) is 2.52. The van der Waals surface area contributed by atoms with Crippen LogP contribution in [0.2, 0.25) is 0 Å². The maximum absolute atomic E-state index is 6.05. The van der Waals surface area contributed by atoms with E-state index in [2.05, 4.69) is 51.3 Å². The van der Waals surface area contributed by atoms with E-state index < -0.39 is 0 Å². The van der Waals surface area contributed by atoms with E-state index in [1.54, 1.807) is 0 Å². The van der Waals surface area contributed by atoms with Crippen molar-refractivity contribution in [3.63, 3.8) is 0 Å². The lowest BCUT2D eigenvalue weighted by Gasteiger charge is -2.40. The molecule has 0 aromatic heterocycles. The molecule has 0 aliphatic carbocycles. The molecular formula is C20H40N2O5. The Bertz CT molecular complexity index is 383. The second kappa shape index (κ2) is 10.5. The molecule has 0 spiro atoms. The van der Waals surface area contributed by atoms with E-state index in [9.17, 15) is 0 Å². The van der Waals surface area contributed by atoms with Crippen molar-refractivity contribution in [2.45, 2.75) is 105 Å². The highest BCUT2D eigenvalue weighted by atomic mass is 16.8. The van der Waals surface area contributed by atoms with Crippen LogP contribution in [0.4, 0.5) is 0 Å². The van der Waals surface area contributed by atoms with Gasteiger partial charge in [0, 0.05) is 26.2 Å². The van der Waals surface area contributed by atoms with E-state index in [-0.39, 0.29) is 49.5 Å². The molecule has 8 atom stereocenters. The van der Waals surface area contributed by atoms with E-state index in [0.29, 0.717) is 0 Å². The lowest BCUT2D eigenvalue weighted by Crippen LogP contribution is -2.51. The second-order valence-electron chi connectivity index (χ2n) is 8.16. The first-order valence-electron chi connectivity index (χ1n) is 10.4. The van der Waals surface area contributed by atoms with Crippen molar-refractivity contribution in [2.75, 3.05) is 26.2 Å². The Morgan fingerprint density at radius 1 is 0.593 bits per heavy atom. The van der Waals surface area contributed by atoms with Crippen molar-refractivity contribution in [1.29, 1.82) is 0 Å². The minimum atomic E-state index is -0.349. The molecule has 0 bridgehead atoms. The van der Waals surface area contributed by atoms with Crippen molar-refractivity contribution >= 4 is 0 Å². The van der Waals surface area contributed by atoms with Crippen molar-refractivity contribution in [3.05, 3.63) is 0 Å². The van der Waals surface area contributed by atoms with Gasteiger partial charge in [0.1, 0.15) is 12.5 Å². The zero-order chi connectivity index (χ0) is 20.1. The molecule has 7 heteroatoms. The highest BCUT2D eigenvalue weighted by Gasteiger charge is 2.29. The fourth-order valence-corrected chi connectivity index (χ4v) is 4.09. The molecule has 0 saturated carbocycles. The van der Waals surface area contributed by atoms with E-state index in [1.807, 2.05) is 13.8 Å². The molecule has 0 aromatic rings. The average molecular weight is 389 g/mol. The Balaban J connectivity index is 1.73. The van der Waals surface area contributed by atoms with Gasteiger partial charge >= 0.3 is 0 Å². The van der Waals surface area contributed by atoms with Crippen LogP contribution in [-0.4, -0.2) is 85.4 Å². The Morgan fingerprint density at radius 2 is 0.889 bits per heavy atom. The molecule has 2 aliphatic rings. The lowest BCUT2D eigenvalue weighted by molar-refractivity contribution is -0.287. The predicted octanol–water partition coefficient (Wildman–Crippen LogP) is 2.64. The van der Waals surface area contributed by atoms with Crippen molar-refractivity contribution in [1.82, 2.24) is 9.80 Å². The standard InChI is InChI=1S/C20H40N2O5/c1-13-9-21(10-14(2)23-13)17(5)25-19(7)27-20(8)26-18(6)22-11-15(3)24-16(4)12-22/h13-20H,9-12H2,1-8H3. The normalized spacial score (nSPS) is 35.6. The minimum Gasteiger partial charge on any atom is -0.373 e. The van der Waals surface area contributed by atoms with Crippen molar-refractivity contribution in [3.8, 4) is 0 Å². The van der Waals surface area contributed by atoms with Gasteiger partial charge in [-0.3, -0.25) is 9.80 Å². The number of ether oxygens (including phenoxy) is 5. The van der Waals surface area contributed by atoms with Crippen LogP contribution < -0.4 is 0 Å². The molecule has 2 fully saturated rings. The summed E-state index contributed by atoms with van der Waals surface area (Å²) >= 11 is 0. The van der Waals surface area contributed by atoms with Gasteiger partial charge in [0.25, 0.3) is 0 Å². The molecule has 2 heterocycles. The summed E-state index contributed by atoms with van der Waals surface area (Å²) in [6, 6.07) is 0. The predicted molar refractivity (Wildman–Crippen MR) is 104 cm³/mol. The van der Waals surface area contributed by atoms with Crippen LogP contribution in [0.1, 0.15) is 55.4 Å². The van der Waals surface area contributed by atoms with Crippen molar-refractivity contribution < 1.29 is 23.7 Å². The van der Waals surface area contributed by atoms with Crippen LogP contribution in [0.25, 0.3) is 0 Å². The van der Waals surface area contributed by atoms with Crippen LogP contribution in [-0.2, 0) is 23.7 Å². The molecule has 0 amide bonds. The van der Waals surface area contributed by atoms with Gasteiger partial charge in [-0.25, -0.2) is 0 Å². The van der Waals surface area contributed by atoms with Gasteiger partial charge in [-0.2, -0.15) is 0 Å². The highest BCUT2D eigenvalue weighted by molar-refractivity contribution is 4.75. The lowest BCUT2D eigenvalue weighted by atomic mass is 10.2. The van der Waals surface area contributed by atoms with Gasteiger partial charge in [-0.1, -0.05) is 0 Å². The minimum absolute atomic E-state index is 0.0284. The fraction of sp³-hybridized carbons (Fsp3) is 1.00.